The quantitative estimate of drug-likeness (QED) is 0.373. The lowest BCUT2D eigenvalue weighted by molar-refractivity contribution is 0.868. The van der Waals surface area contributed by atoms with Crippen LogP contribution in [-0.4, -0.2) is 9.89 Å². The second kappa shape index (κ2) is 2.04. The molecule has 0 bridgehead atoms. The number of aromatic nitrogens is 2. The average molecular weight is 163 g/mol. The van der Waals surface area contributed by atoms with Crippen molar-refractivity contribution in [2.45, 2.75) is 0 Å². The Morgan fingerprint density at radius 2 is 2.00 bits per heavy atom. The summed E-state index contributed by atoms with van der Waals surface area (Å²) in [6.45, 7) is 0. The molecular weight excluding hydrogens is 154 g/mol. The van der Waals surface area contributed by atoms with Crippen molar-refractivity contribution >= 4 is 22.4 Å². The van der Waals surface area contributed by atoms with Gasteiger partial charge in [-0.1, -0.05) is 0 Å². The Kier molecular flexibility index (Phi) is 1.15. The lowest BCUT2D eigenvalue weighted by atomic mass is 10.2. The average Bonchev–Trinajstić information content (AvgIpc) is 2.28. The molecule has 0 amide bonds. The van der Waals surface area contributed by atoms with E-state index in [1.54, 1.807) is 18.2 Å². The maximum atomic E-state index is 5.58. The van der Waals surface area contributed by atoms with E-state index in [2.05, 4.69) is 5.10 Å². The van der Waals surface area contributed by atoms with Crippen LogP contribution in [0.25, 0.3) is 10.9 Å². The van der Waals surface area contributed by atoms with E-state index < -0.39 is 0 Å². The van der Waals surface area contributed by atoms with Crippen molar-refractivity contribution in [1.82, 2.24) is 9.89 Å². The Bertz CT molecular complexity index is 431. The molecule has 0 radical (unpaired) electrons. The SMILES string of the molecule is Nc1ccc2c(c1)c(N)nn2N. The summed E-state index contributed by atoms with van der Waals surface area (Å²) in [6, 6.07) is 5.29. The molecule has 1 heterocycles. The first kappa shape index (κ1) is 6.78. The number of nitrogens with two attached hydrogens (primary N) is 3. The van der Waals surface area contributed by atoms with Gasteiger partial charge in [0.1, 0.15) is 0 Å². The third-order valence-electron chi connectivity index (χ3n) is 1.76. The highest BCUT2D eigenvalue weighted by Crippen LogP contribution is 2.20. The van der Waals surface area contributed by atoms with Gasteiger partial charge < -0.3 is 17.3 Å². The molecule has 0 aliphatic heterocycles. The Morgan fingerprint density at radius 1 is 1.25 bits per heavy atom. The van der Waals surface area contributed by atoms with Crippen LogP contribution in [0.5, 0.6) is 0 Å². The third kappa shape index (κ3) is 0.763. The number of hydrogen-bond acceptors (Lipinski definition) is 4. The molecule has 0 aliphatic carbocycles. The number of hydrogen-bond donors (Lipinski definition) is 3. The van der Waals surface area contributed by atoms with Gasteiger partial charge in [-0.05, 0) is 18.2 Å². The fourth-order valence-corrected chi connectivity index (χ4v) is 1.18. The van der Waals surface area contributed by atoms with Gasteiger partial charge in [0.15, 0.2) is 5.82 Å². The molecule has 0 atom stereocenters. The fourth-order valence-electron chi connectivity index (χ4n) is 1.18. The fraction of sp³-hybridized carbons (Fsp3) is 0. The van der Waals surface area contributed by atoms with Crippen LogP contribution in [0.1, 0.15) is 0 Å². The van der Waals surface area contributed by atoms with Gasteiger partial charge in [-0.25, -0.2) is 0 Å². The number of anilines is 2. The molecule has 0 spiro atoms. The summed E-state index contributed by atoms with van der Waals surface area (Å²) < 4.78 is 0. The van der Waals surface area contributed by atoms with Crippen LogP contribution in [0.15, 0.2) is 18.2 Å². The molecule has 0 saturated heterocycles. The molecule has 2 rings (SSSR count). The first-order valence-electron chi connectivity index (χ1n) is 3.47. The number of rotatable bonds is 0. The predicted molar refractivity (Wildman–Crippen MR) is 48.7 cm³/mol. The molecule has 12 heavy (non-hydrogen) atoms. The van der Waals surface area contributed by atoms with Crippen molar-refractivity contribution < 1.29 is 0 Å². The second-order valence-corrected chi connectivity index (χ2v) is 2.61. The van der Waals surface area contributed by atoms with E-state index in [0.29, 0.717) is 11.5 Å². The summed E-state index contributed by atoms with van der Waals surface area (Å²) in [5.74, 6) is 5.91. The summed E-state index contributed by atoms with van der Waals surface area (Å²) >= 11 is 0. The smallest absolute Gasteiger partial charge is 0.155 e. The van der Waals surface area contributed by atoms with E-state index in [4.69, 9.17) is 17.3 Å². The minimum Gasteiger partial charge on any atom is -0.399 e. The molecule has 1 aromatic carbocycles. The molecule has 6 N–H and O–H groups in total. The van der Waals surface area contributed by atoms with Crippen molar-refractivity contribution in [3.8, 4) is 0 Å². The van der Waals surface area contributed by atoms with Gasteiger partial charge >= 0.3 is 0 Å². The second-order valence-electron chi connectivity index (χ2n) is 2.61. The monoisotopic (exact) mass is 163 g/mol. The highest BCUT2D eigenvalue weighted by molar-refractivity contribution is 5.91. The Hall–Kier alpha value is -1.91. The molecule has 0 saturated carbocycles. The van der Waals surface area contributed by atoms with Crippen LogP contribution in [0, 0.1) is 0 Å². The minimum absolute atomic E-state index is 0.403. The van der Waals surface area contributed by atoms with E-state index in [1.165, 1.54) is 4.79 Å². The maximum absolute atomic E-state index is 5.58. The van der Waals surface area contributed by atoms with Crippen molar-refractivity contribution in [2.75, 3.05) is 17.3 Å². The van der Waals surface area contributed by atoms with E-state index in [0.717, 1.165) is 10.9 Å². The molecule has 5 heteroatoms. The lowest BCUT2D eigenvalue weighted by Gasteiger charge is -1.94. The topological polar surface area (TPSA) is 95.9 Å². The Morgan fingerprint density at radius 3 is 2.75 bits per heavy atom. The van der Waals surface area contributed by atoms with E-state index >= 15 is 0 Å². The number of nitrogens with zero attached hydrogens (tertiary/aromatic N) is 2. The summed E-state index contributed by atoms with van der Waals surface area (Å²) in [6.07, 6.45) is 0. The van der Waals surface area contributed by atoms with Gasteiger partial charge in [-0.3, -0.25) is 0 Å². The van der Waals surface area contributed by atoms with Gasteiger partial charge in [0, 0.05) is 11.1 Å². The molecule has 2 aromatic rings. The van der Waals surface area contributed by atoms with Gasteiger partial charge in [0.05, 0.1) is 5.52 Å². The molecule has 1 aromatic heterocycles. The number of nitrogen functional groups attached to an aromatic ring is 3. The van der Waals surface area contributed by atoms with Crippen LogP contribution in [0.4, 0.5) is 11.5 Å². The van der Waals surface area contributed by atoms with E-state index in [1.807, 2.05) is 0 Å². The number of benzene rings is 1. The van der Waals surface area contributed by atoms with Crippen molar-refractivity contribution in [3.63, 3.8) is 0 Å². The Balaban J connectivity index is 2.90. The summed E-state index contributed by atoms with van der Waals surface area (Å²) in [5, 5.41) is 4.64. The summed E-state index contributed by atoms with van der Waals surface area (Å²) in [4.78, 5) is 1.24. The maximum Gasteiger partial charge on any atom is 0.155 e. The first-order valence-corrected chi connectivity index (χ1v) is 3.47. The van der Waals surface area contributed by atoms with Gasteiger partial charge in [0.2, 0.25) is 0 Å². The van der Waals surface area contributed by atoms with Crippen LogP contribution in [0.3, 0.4) is 0 Å². The molecular formula is C7H9N5. The van der Waals surface area contributed by atoms with E-state index in [9.17, 15) is 0 Å². The number of fused-ring (bicyclic) bond motifs is 1. The Labute approximate surface area is 68.7 Å². The van der Waals surface area contributed by atoms with Gasteiger partial charge in [-0.15, -0.1) is 5.10 Å². The lowest BCUT2D eigenvalue weighted by Crippen LogP contribution is -2.09. The zero-order valence-electron chi connectivity index (χ0n) is 6.36. The highest BCUT2D eigenvalue weighted by Gasteiger charge is 2.04. The largest absolute Gasteiger partial charge is 0.399 e. The van der Waals surface area contributed by atoms with Crippen LogP contribution < -0.4 is 17.3 Å². The molecule has 0 unspecified atom stereocenters. The van der Waals surface area contributed by atoms with Crippen molar-refractivity contribution in [3.05, 3.63) is 18.2 Å². The van der Waals surface area contributed by atoms with Gasteiger partial charge in [0.25, 0.3) is 0 Å². The van der Waals surface area contributed by atoms with Crippen LogP contribution in [-0.2, 0) is 0 Å². The van der Waals surface area contributed by atoms with Gasteiger partial charge in [-0.2, -0.15) is 4.79 Å². The van der Waals surface area contributed by atoms with Crippen LogP contribution in [0.2, 0.25) is 0 Å². The molecule has 5 nitrogen and oxygen atoms in total. The predicted octanol–water partition coefficient (Wildman–Crippen LogP) is -0.0855. The van der Waals surface area contributed by atoms with Crippen molar-refractivity contribution in [1.29, 1.82) is 0 Å². The normalized spacial score (nSPS) is 10.7. The standard InChI is InChI=1S/C7H9N5/c8-4-1-2-6-5(3-4)7(9)11-12(6)10/h1-3H,8,10H2,(H2,9,11). The molecule has 0 aliphatic rings. The highest BCUT2D eigenvalue weighted by atomic mass is 15.5. The third-order valence-corrected chi connectivity index (χ3v) is 1.76. The van der Waals surface area contributed by atoms with Crippen LogP contribution >= 0.6 is 0 Å². The molecule has 0 fully saturated rings. The summed E-state index contributed by atoms with van der Waals surface area (Å²) in [7, 11) is 0. The molecule has 62 valence electrons. The zero-order valence-corrected chi connectivity index (χ0v) is 6.36. The summed E-state index contributed by atoms with van der Waals surface area (Å²) in [5.41, 5.74) is 12.6. The van der Waals surface area contributed by atoms with Crippen molar-refractivity contribution in [2.24, 2.45) is 0 Å². The zero-order chi connectivity index (χ0) is 8.72. The first-order chi connectivity index (χ1) is 5.68. The minimum atomic E-state index is 0.403. The van der Waals surface area contributed by atoms with E-state index in [-0.39, 0.29) is 0 Å².